The van der Waals surface area contributed by atoms with Gasteiger partial charge in [0.2, 0.25) is 0 Å². The molecule has 0 saturated heterocycles. The number of carbonyl (C=O) groups is 1. The number of nitrogen functional groups attached to an aromatic ring is 1. The van der Waals surface area contributed by atoms with Crippen molar-refractivity contribution >= 4 is 22.9 Å². The first-order chi connectivity index (χ1) is 9.66. The second-order valence-corrected chi connectivity index (χ2v) is 6.08. The number of carbonyl (C=O) groups excluding carboxylic acids is 1. The fourth-order valence-corrected chi connectivity index (χ4v) is 2.81. The summed E-state index contributed by atoms with van der Waals surface area (Å²) >= 11 is 1.59. The molecular formula is C13H17N5OS. The second-order valence-electron chi connectivity index (χ2n) is 5.16. The number of nitrogens with zero attached hydrogens (tertiary/aromatic N) is 2. The van der Waals surface area contributed by atoms with Gasteiger partial charge in [-0.1, -0.05) is 6.92 Å². The number of hydrogen-bond donors (Lipinski definition) is 3. The second kappa shape index (κ2) is 5.24. The lowest BCUT2D eigenvalue weighted by Crippen LogP contribution is -2.28. The summed E-state index contributed by atoms with van der Waals surface area (Å²) in [7, 11) is 0. The summed E-state index contributed by atoms with van der Waals surface area (Å²) in [6, 6.07) is 0. The molecule has 1 saturated carbocycles. The number of hydrogen-bond acceptors (Lipinski definition) is 5. The van der Waals surface area contributed by atoms with Crippen LogP contribution in [0.25, 0.3) is 0 Å². The van der Waals surface area contributed by atoms with Gasteiger partial charge in [-0.05, 0) is 12.8 Å². The Morgan fingerprint density at radius 1 is 1.65 bits per heavy atom. The van der Waals surface area contributed by atoms with Gasteiger partial charge in [0, 0.05) is 30.0 Å². The zero-order valence-electron chi connectivity index (χ0n) is 11.2. The molecule has 0 radical (unpaired) electrons. The number of thiazole rings is 1. The molecule has 2 heterocycles. The van der Waals surface area contributed by atoms with Gasteiger partial charge in [-0.2, -0.15) is 5.10 Å². The first kappa shape index (κ1) is 13.1. The standard InChI is InChI=1S/C13H17N5OS/c1-7(13-15-4-5-20-13)6-16-12(19)11-9(14)10(17-18-11)8-2-3-8/h4-5,7-8H,2-3,6,14H2,1H3,(H,16,19)(H,17,18). The lowest BCUT2D eigenvalue weighted by Gasteiger charge is -2.09. The number of nitrogens with one attached hydrogen (secondary N) is 2. The predicted molar refractivity (Wildman–Crippen MR) is 77.8 cm³/mol. The Bertz CT molecular complexity index is 602. The summed E-state index contributed by atoms with van der Waals surface area (Å²) in [6.45, 7) is 2.56. The van der Waals surface area contributed by atoms with Crippen molar-refractivity contribution in [1.29, 1.82) is 0 Å². The van der Waals surface area contributed by atoms with E-state index in [0.717, 1.165) is 23.5 Å². The largest absolute Gasteiger partial charge is 0.395 e. The third-order valence-corrected chi connectivity index (χ3v) is 4.48. The van der Waals surface area contributed by atoms with E-state index in [1.165, 1.54) is 0 Å². The van der Waals surface area contributed by atoms with Crippen LogP contribution >= 0.6 is 11.3 Å². The lowest BCUT2D eigenvalue weighted by atomic mass is 10.2. The van der Waals surface area contributed by atoms with E-state index in [-0.39, 0.29) is 11.8 Å². The quantitative estimate of drug-likeness (QED) is 0.783. The fourth-order valence-electron chi connectivity index (χ4n) is 2.12. The summed E-state index contributed by atoms with van der Waals surface area (Å²) in [5, 5.41) is 12.7. The van der Waals surface area contributed by atoms with E-state index in [2.05, 4.69) is 20.5 Å². The Labute approximate surface area is 120 Å². The maximum absolute atomic E-state index is 12.1. The number of aromatic nitrogens is 3. The molecule has 2 aromatic rings. The van der Waals surface area contributed by atoms with Crippen molar-refractivity contribution in [3.05, 3.63) is 28.0 Å². The molecule has 0 aliphatic heterocycles. The first-order valence-corrected chi connectivity index (χ1v) is 7.56. The van der Waals surface area contributed by atoms with Crippen LogP contribution < -0.4 is 11.1 Å². The summed E-state index contributed by atoms with van der Waals surface area (Å²) in [4.78, 5) is 16.3. The van der Waals surface area contributed by atoms with Crippen LogP contribution in [0.15, 0.2) is 11.6 Å². The van der Waals surface area contributed by atoms with Crippen LogP contribution in [-0.4, -0.2) is 27.6 Å². The van der Waals surface area contributed by atoms with Gasteiger partial charge in [-0.25, -0.2) is 4.98 Å². The van der Waals surface area contributed by atoms with E-state index in [9.17, 15) is 4.79 Å². The molecule has 6 nitrogen and oxygen atoms in total. The van der Waals surface area contributed by atoms with Crippen molar-refractivity contribution in [3.63, 3.8) is 0 Å². The van der Waals surface area contributed by atoms with Crippen molar-refractivity contribution < 1.29 is 4.79 Å². The van der Waals surface area contributed by atoms with Crippen LogP contribution in [0.2, 0.25) is 0 Å². The van der Waals surface area contributed by atoms with E-state index in [1.807, 2.05) is 12.3 Å². The predicted octanol–water partition coefficient (Wildman–Crippen LogP) is 1.86. The van der Waals surface area contributed by atoms with Gasteiger partial charge in [0.1, 0.15) is 0 Å². The molecule has 2 aromatic heterocycles. The normalized spacial score (nSPS) is 16.1. The third-order valence-electron chi connectivity index (χ3n) is 3.48. The van der Waals surface area contributed by atoms with Crippen LogP contribution in [-0.2, 0) is 0 Å². The van der Waals surface area contributed by atoms with Crippen molar-refractivity contribution in [3.8, 4) is 0 Å². The highest BCUT2D eigenvalue weighted by atomic mass is 32.1. The molecular weight excluding hydrogens is 274 g/mol. The smallest absolute Gasteiger partial charge is 0.273 e. The average molecular weight is 291 g/mol. The Morgan fingerprint density at radius 2 is 2.45 bits per heavy atom. The van der Waals surface area contributed by atoms with Crippen LogP contribution in [0, 0.1) is 0 Å². The van der Waals surface area contributed by atoms with Gasteiger partial charge in [0.25, 0.3) is 5.91 Å². The number of aromatic amines is 1. The van der Waals surface area contributed by atoms with E-state index in [4.69, 9.17) is 5.73 Å². The lowest BCUT2D eigenvalue weighted by molar-refractivity contribution is 0.0947. The van der Waals surface area contributed by atoms with Crippen molar-refractivity contribution in [1.82, 2.24) is 20.5 Å². The monoisotopic (exact) mass is 291 g/mol. The van der Waals surface area contributed by atoms with Crippen LogP contribution in [0.1, 0.15) is 52.8 Å². The molecule has 7 heteroatoms. The minimum absolute atomic E-state index is 0.182. The molecule has 1 amide bonds. The van der Waals surface area contributed by atoms with Gasteiger partial charge in [-0.15, -0.1) is 11.3 Å². The molecule has 1 fully saturated rings. The topological polar surface area (TPSA) is 96.7 Å². The minimum atomic E-state index is -0.228. The Morgan fingerprint density at radius 3 is 3.10 bits per heavy atom. The fraction of sp³-hybridized carbons (Fsp3) is 0.462. The van der Waals surface area contributed by atoms with Crippen molar-refractivity contribution in [2.24, 2.45) is 0 Å². The maximum atomic E-state index is 12.1. The number of anilines is 1. The number of H-pyrrole nitrogens is 1. The zero-order valence-corrected chi connectivity index (χ0v) is 12.0. The van der Waals surface area contributed by atoms with Crippen LogP contribution in [0.3, 0.4) is 0 Å². The molecule has 0 spiro atoms. The molecule has 1 aliphatic carbocycles. The van der Waals surface area contributed by atoms with Crippen molar-refractivity contribution in [2.45, 2.75) is 31.6 Å². The average Bonchev–Trinajstić information content (AvgIpc) is 2.99. The van der Waals surface area contributed by atoms with E-state index in [1.54, 1.807) is 17.5 Å². The summed E-state index contributed by atoms with van der Waals surface area (Å²) in [6.07, 6.45) is 4.01. The summed E-state index contributed by atoms with van der Waals surface area (Å²) in [5.74, 6) is 0.411. The van der Waals surface area contributed by atoms with Gasteiger partial charge in [0.05, 0.1) is 16.4 Å². The first-order valence-electron chi connectivity index (χ1n) is 6.68. The molecule has 1 unspecified atom stereocenters. The number of nitrogens with two attached hydrogens (primary N) is 1. The van der Waals surface area contributed by atoms with Gasteiger partial charge < -0.3 is 11.1 Å². The SMILES string of the molecule is CC(CNC(=O)c1n[nH]c(C2CC2)c1N)c1nccs1. The van der Waals surface area contributed by atoms with Gasteiger partial charge in [-0.3, -0.25) is 9.89 Å². The molecule has 1 aliphatic rings. The van der Waals surface area contributed by atoms with E-state index < -0.39 is 0 Å². The molecule has 20 heavy (non-hydrogen) atoms. The Balaban J connectivity index is 1.62. The zero-order chi connectivity index (χ0) is 14.1. The molecule has 106 valence electrons. The van der Waals surface area contributed by atoms with Crippen LogP contribution in [0.5, 0.6) is 0 Å². The highest BCUT2D eigenvalue weighted by Crippen LogP contribution is 2.42. The van der Waals surface area contributed by atoms with Crippen molar-refractivity contribution in [2.75, 3.05) is 12.3 Å². The number of amides is 1. The Hall–Kier alpha value is -1.89. The number of rotatable bonds is 5. The molecule has 0 bridgehead atoms. The maximum Gasteiger partial charge on any atom is 0.273 e. The van der Waals surface area contributed by atoms with E-state index >= 15 is 0 Å². The molecule has 1 atom stereocenters. The van der Waals surface area contributed by atoms with Crippen LogP contribution in [0.4, 0.5) is 5.69 Å². The Kier molecular flexibility index (Phi) is 3.43. The van der Waals surface area contributed by atoms with E-state index in [0.29, 0.717) is 23.8 Å². The minimum Gasteiger partial charge on any atom is -0.395 e. The third kappa shape index (κ3) is 2.53. The summed E-state index contributed by atoms with van der Waals surface area (Å²) in [5.41, 5.74) is 7.68. The summed E-state index contributed by atoms with van der Waals surface area (Å²) < 4.78 is 0. The van der Waals surface area contributed by atoms with Gasteiger partial charge >= 0.3 is 0 Å². The highest BCUT2D eigenvalue weighted by Gasteiger charge is 2.30. The highest BCUT2D eigenvalue weighted by molar-refractivity contribution is 7.09. The molecule has 4 N–H and O–H groups in total. The molecule has 3 rings (SSSR count). The van der Waals surface area contributed by atoms with Gasteiger partial charge in [0.15, 0.2) is 5.69 Å². The molecule has 0 aromatic carbocycles.